The maximum Gasteiger partial charge on any atom is 0.309 e. The summed E-state index contributed by atoms with van der Waals surface area (Å²) >= 11 is 0. The fourth-order valence-corrected chi connectivity index (χ4v) is 2.34. The molecule has 0 heterocycles. The fraction of sp³-hybridized carbons (Fsp3) is 0.300. The van der Waals surface area contributed by atoms with Gasteiger partial charge in [0.25, 0.3) is 5.91 Å². The quantitative estimate of drug-likeness (QED) is 0.672. The second-order valence-electron chi connectivity index (χ2n) is 6.60. The van der Waals surface area contributed by atoms with E-state index in [4.69, 9.17) is 9.84 Å². The van der Waals surface area contributed by atoms with Gasteiger partial charge in [-0.25, -0.2) is 0 Å². The monoisotopic (exact) mass is 356 g/mol. The predicted octanol–water partition coefficient (Wildman–Crippen LogP) is 3.67. The first-order valence-electron chi connectivity index (χ1n) is 8.35. The lowest BCUT2D eigenvalue weighted by Gasteiger charge is -2.19. The summed E-state index contributed by atoms with van der Waals surface area (Å²) in [7, 11) is 1.60. The van der Waals surface area contributed by atoms with E-state index in [1.165, 1.54) is 0 Å². The number of carboxylic acid groups (broad SMARTS) is 1. The third kappa shape index (κ3) is 4.99. The molecule has 138 valence electrons. The summed E-state index contributed by atoms with van der Waals surface area (Å²) in [5, 5.41) is 15.2. The number of hydrogen-bond acceptors (Lipinski definition) is 4. The van der Waals surface area contributed by atoms with E-state index in [-0.39, 0.29) is 12.5 Å². The van der Waals surface area contributed by atoms with E-state index in [1.807, 2.05) is 36.4 Å². The van der Waals surface area contributed by atoms with Crippen molar-refractivity contribution in [3.63, 3.8) is 0 Å². The summed E-state index contributed by atoms with van der Waals surface area (Å²) in [4.78, 5) is 23.7. The zero-order valence-corrected chi connectivity index (χ0v) is 15.2. The highest BCUT2D eigenvalue weighted by Gasteiger charge is 2.26. The van der Waals surface area contributed by atoms with E-state index in [0.29, 0.717) is 23.4 Å². The molecule has 0 aliphatic heterocycles. The molecule has 1 amide bonds. The minimum absolute atomic E-state index is 0.253. The molecule has 0 atom stereocenters. The number of nitrogens with one attached hydrogen (secondary N) is 2. The van der Waals surface area contributed by atoms with Gasteiger partial charge in [0.15, 0.2) is 0 Å². The molecule has 2 aromatic carbocycles. The van der Waals surface area contributed by atoms with Crippen molar-refractivity contribution >= 4 is 23.3 Å². The third-order valence-electron chi connectivity index (χ3n) is 4.13. The number of benzene rings is 2. The predicted molar refractivity (Wildman–Crippen MR) is 101 cm³/mol. The smallest absolute Gasteiger partial charge is 0.309 e. The van der Waals surface area contributed by atoms with Crippen molar-refractivity contribution < 1.29 is 19.4 Å². The van der Waals surface area contributed by atoms with Crippen molar-refractivity contribution in [1.29, 1.82) is 0 Å². The standard InChI is InChI=1S/C20H24N2O4/c1-20(2,19(24)25)11-12-21-18(23)16-9-4-5-10-17(16)22-14-7-6-8-15(13-14)26-3/h4-10,13,22H,11-12H2,1-3H3,(H,21,23)(H,24,25). The molecule has 0 saturated carbocycles. The molecule has 2 aromatic rings. The maximum atomic E-state index is 12.5. The molecular weight excluding hydrogens is 332 g/mol. The number of anilines is 2. The van der Waals surface area contributed by atoms with Gasteiger partial charge in [-0.2, -0.15) is 0 Å². The SMILES string of the molecule is COc1cccc(Nc2ccccc2C(=O)NCCC(C)(C)C(=O)O)c1. The molecule has 0 aliphatic rings. The first-order valence-corrected chi connectivity index (χ1v) is 8.35. The molecule has 26 heavy (non-hydrogen) atoms. The van der Waals surface area contributed by atoms with Crippen LogP contribution in [-0.2, 0) is 4.79 Å². The summed E-state index contributed by atoms with van der Waals surface area (Å²) in [6, 6.07) is 14.6. The van der Waals surface area contributed by atoms with E-state index in [0.717, 1.165) is 5.69 Å². The van der Waals surface area contributed by atoms with Crippen LogP contribution in [0.2, 0.25) is 0 Å². The highest BCUT2D eigenvalue weighted by molar-refractivity contribution is 6.00. The lowest BCUT2D eigenvalue weighted by atomic mass is 9.89. The van der Waals surface area contributed by atoms with Gasteiger partial charge in [0.05, 0.1) is 23.8 Å². The minimum atomic E-state index is -0.883. The van der Waals surface area contributed by atoms with E-state index in [2.05, 4.69) is 10.6 Å². The van der Waals surface area contributed by atoms with Gasteiger partial charge in [-0.15, -0.1) is 0 Å². The molecule has 0 bridgehead atoms. The largest absolute Gasteiger partial charge is 0.497 e. The number of rotatable bonds is 8. The van der Waals surface area contributed by atoms with Crippen molar-refractivity contribution in [1.82, 2.24) is 5.32 Å². The summed E-state index contributed by atoms with van der Waals surface area (Å²) in [6.07, 6.45) is 0.347. The van der Waals surface area contributed by atoms with Crippen molar-refractivity contribution in [2.45, 2.75) is 20.3 Å². The average molecular weight is 356 g/mol. The van der Waals surface area contributed by atoms with Gasteiger partial charge in [0.1, 0.15) is 5.75 Å². The van der Waals surface area contributed by atoms with Crippen LogP contribution in [0.3, 0.4) is 0 Å². The zero-order valence-electron chi connectivity index (χ0n) is 15.2. The van der Waals surface area contributed by atoms with Crippen LogP contribution in [0.25, 0.3) is 0 Å². The molecule has 3 N–H and O–H groups in total. The molecule has 6 nitrogen and oxygen atoms in total. The Bertz CT molecular complexity index is 787. The Hall–Kier alpha value is -3.02. The maximum absolute atomic E-state index is 12.5. The number of para-hydroxylation sites is 1. The molecule has 0 fully saturated rings. The van der Waals surface area contributed by atoms with Crippen LogP contribution < -0.4 is 15.4 Å². The van der Waals surface area contributed by atoms with Crippen LogP contribution in [0.15, 0.2) is 48.5 Å². The Morgan fingerprint density at radius 2 is 1.85 bits per heavy atom. The van der Waals surface area contributed by atoms with Crippen molar-refractivity contribution in [3.8, 4) is 5.75 Å². The van der Waals surface area contributed by atoms with Crippen molar-refractivity contribution in [2.24, 2.45) is 5.41 Å². The first kappa shape index (κ1) is 19.3. The zero-order chi connectivity index (χ0) is 19.2. The molecule has 2 rings (SSSR count). The second-order valence-corrected chi connectivity index (χ2v) is 6.60. The van der Waals surface area contributed by atoms with E-state index < -0.39 is 11.4 Å². The van der Waals surface area contributed by atoms with E-state index in [1.54, 1.807) is 33.1 Å². The summed E-state index contributed by atoms with van der Waals surface area (Å²) < 4.78 is 5.21. The van der Waals surface area contributed by atoms with Gasteiger partial charge in [-0.1, -0.05) is 18.2 Å². The van der Waals surface area contributed by atoms with Crippen molar-refractivity contribution in [2.75, 3.05) is 19.0 Å². The third-order valence-corrected chi connectivity index (χ3v) is 4.13. The van der Waals surface area contributed by atoms with Crippen LogP contribution in [0.4, 0.5) is 11.4 Å². The molecule has 6 heteroatoms. The van der Waals surface area contributed by atoms with Gasteiger partial charge < -0.3 is 20.5 Å². The van der Waals surface area contributed by atoms with Crippen LogP contribution >= 0.6 is 0 Å². The van der Waals surface area contributed by atoms with Crippen LogP contribution in [0.5, 0.6) is 5.75 Å². The molecule has 0 radical (unpaired) electrons. The lowest BCUT2D eigenvalue weighted by Crippen LogP contribution is -2.32. The number of methoxy groups -OCH3 is 1. The van der Waals surface area contributed by atoms with Crippen LogP contribution in [0, 0.1) is 5.41 Å². The fourth-order valence-electron chi connectivity index (χ4n) is 2.34. The highest BCUT2D eigenvalue weighted by atomic mass is 16.5. The summed E-state index contributed by atoms with van der Waals surface area (Å²) in [5.41, 5.74) is 1.07. The van der Waals surface area contributed by atoms with Gasteiger partial charge >= 0.3 is 5.97 Å². The topological polar surface area (TPSA) is 87.7 Å². The van der Waals surface area contributed by atoms with Crippen LogP contribution in [0.1, 0.15) is 30.6 Å². The Morgan fingerprint density at radius 3 is 2.54 bits per heavy atom. The summed E-state index contributed by atoms with van der Waals surface area (Å²) in [5.74, 6) is -0.420. The lowest BCUT2D eigenvalue weighted by molar-refractivity contribution is -0.147. The minimum Gasteiger partial charge on any atom is -0.497 e. The molecular formula is C20H24N2O4. The average Bonchev–Trinajstić information content (AvgIpc) is 2.62. The number of carbonyl (C=O) groups excluding carboxylic acids is 1. The number of aliphatic carboxylic acids is 1. The first-order chi connectivity index (χ1) is 12.3. The second kappa shape index (κ2) is 8.38. The van der Waals surface area contributed by atoms with Crippen LogP contribution in [-0.4, -0.2) is 30.6 Å². The van der Waals surface area contributed by atoms with E-state index >= 15 is 0 Å². The molecule has 0 saturated heterocycles. The highest BCUT2D eigenvalue weighted by Crippen LogP contribution is 2.24. The van der Waals surface area contributed by atoms with Crippen molar-refractivity contribution in [3.05, 3.63) is 54.1 Å². The molecule has 0 unspecified atom stereocenters. The molecule has 0 spiro atoms. The Labute approximate surface area is 153 Å². The Kier molecular flexibility index (Phi) is 6.22. The summed E-state index contributed by atoms with van der Waals surface area (Å²) in [6.45, 7) is 3.56. The van der Waals surface area contributed by atoms with Gasteiger partial charge in [-0.05, 0) is 44.5 Å². The molecule has 0 aromatic heterocycles. The molecule has 0 aliphatic carbocycles. The Balaban J connectivity index is 2.08. The number of amides is 1. The number of hydrogen-bond donors (Lipinski definition) is 3. The number of carbonyl (C=O) groups is 2. The number of carboxylic acids is 1. The normalized spacial score (nSPS) is 10.9. The van der Waals surface area contributed by atoms with Gasteiger partial charge in [0.2, 0.25) is 0 Å². The Morgan fingerprint density at radius 1 is 1.12 bits per heavy atom. The van der Waals surface area contributed by atoms with Gasteiger partial charge in [-0.3, -0.25) is 9.59 Å². The number of ether oxygens (including phenoxy) is 1. The van der Waals surface area contributed by atoms with Gasteiger partial charge in [0, 0.05) is 18.3 Å². The van der Waals surface area contributed by atoms with E-state index in [9.17, 15) is 9.59 Å².